The third-order valence-corrected chi connectivity index (χ3v) is 10.4. The van der Waals surface area contributed by atoms with Gasteiger partial charge in [-0.25, -0.2) is 4.39 Å². The van der Waals surface area contributed by atoms with Crippen molar-refractivity contribution in [3.05, 3.63) is 71.1 Å². The van der Waals surface area contributed by atoms with Gasteiger partial charge in [-0.05, 0) is 95.0 Å². The Labute approximate surface area is 184 Å². The number of rotatable bonds is 4. The molecule has 9 rings (SSSR count). The van der Waals surface area contributed by atoms with Gasteiger partial charge in [0.15, 0.2) is 0 Å². The molecule has 6 aliphatic rings. The molecule has 6 aliphatic carbocycles. The lowest BCUT2D eigenvalue weighted by Crippen LogP contribution is -3.12. The van der Waals surface area contributed by atoms with Gasteiger partial charge in [0.1, 0.15) is 5.82 Å². The van der Waals surface area contributed by atoms with Gasteiger partial charge in [-0.15, -0.1) is 0 Å². The van der Waals surface area contributed by atoms with E-state index in [9.17, 15) is 9.18 Å². The minimum atomic E-state index is -0.192. The van der Waals surface area contributed by atoms with E-state index in [1.807, 2.05) is 18.3 Å². The first-order valence-corrected chi connectivity index (χ1v) is 11.5. The second kappa shape index (κ2) is 4.96. The largest absolute Gasteiger partial charge is 0.326 e. The molecule has 31 heavy (non-hydrogen) atoms. The highest BCUT2D eigenvalue weighted by Crippen LogP contribution is 3.11. The van der Waals surface area contributed by atoms with Gasteiger partial charge >= 0.3 is 0 Å². The van der Waals surface area contributed by atoms with Crippen LogP contribution in [0.15, 0.2) is 54.7 Å². The minimum Gasteiger partial charge on any atom is -0.326 e. The Morgan fingerprint density at radius 2 is 1.71 bits per heavy atom. The van der Waals surface area contributed by atoms with Crippen LogP contribution in [0.4, 0.5) is 10.1 Å². The fourth-order valence-corrected chi connectivity index (χ4v) is 9.65. The Hall–Kier alpha value is -2.46. The zero-order valence-electron chi connectivity index (χ0n) is 16.8. The number of pyridine rings is 1. The lowest BCUT2D eigenvalue weighted by Gasteiger charge is -3.12. The number of amides is 1. The molecule has 0 radical (unpaired) electrons. The maximum Gasteiger partial charge on any atom is 0.227 e. The molecule has 2 aromatic carbocycles. The number of anilines is 1. The maximum absolute atomic E-state index is 14.0. The van der Waals surface area contributed by atoms with Crippen molar-refractivity contribution < 1.29 is 9.18 Å². The fraction of sp³-hybridized carbons (Fsp3) is 0.385. The number of carbonyl (C=O) groups excluding carboxylic acids is 1. The predicted octanol–water partition coefficient (Wildman–Crippen LogP) is 5.29. The van der Waals surface area contributed by atoms with Gasteiger partial charge in [0.25, 0.3) is 0 Å². The van der Waals surface area contributed by atoms with Crippen LogP contribution in [0.5, 0.6) is 0 Å². The Kier molecular flexibility index (Phi) is 2.74. The molecule has 0 bridgehead atoms. The van der Waals surface area contributed by atoms with Crippen LogP contribution in [-0.4, -0.2) is 10.9 Å². The van der Waals surface area contributed by atoms with E-state index in [0.29, 0.717) is 40.5 Å². The Bertz CT molecular complexity index is 1280. The monoisotopic (exact) mass is 430 g/mol. The van der Waals surface area contributed by atoms with E-state index >= 15 is 0 Å². The topological polar surface area (TPSA) is 42.0 Å². The Balaban J connectivity index is 1.09. The second-order valence-corrected chi connectivity index (χ2v) is 10.8. The van der Waals surface area contributed by atoms with Crippen LogP contribution >= 0.6 is 11.6 Å². The molecular formula is C26H20ClFN2O. The number of fused-ring (bicyclic) bond motifs is 1. The highest BCUT2D eigenvalue weighted by Gasteiger charge is 3.10. The smallest absolute Gasteiger partial charge is 0.227 e. The molecule has 154 valence electrons. The zero-order chi connectivity index (χ0) is 20.9. The summed E-state index contributed by atoms with van der Waals surface area (Å²) in [6.07, 6.45) is 1.88. The SMILES string of the molecule is CC(C(=O)Nc1ccc(Cl)cc1)C12C3C4C1C1C2C3C41c1ccnc2ccc(F)cc12. The molecule has 0 aliphatic heterocycles. The Morgan fingerprint density at radius 1 is 1.03 bits per heavy atom. The number of nitrogens with one attached hydrogen (secondary N) is 1. The molecule has 5 heteroatoms. The summed E-state index contributed by atoms with van der Waals surface area (Å²) in [5.74, 6) is 3.97. The van der Waals surface area contributed by atoms with Crippen LogP contribution in [0.25, 0.3) is 10.9 Å². The molecule has 1 atom stereocenters. The molecule has 3 aromatic rings. The normalized spacial score (nSPS) is 42.3. The van der Waals surface area contributed by atoms with Gasteiger partial charge < -0.3 is 5.32 Å². The summed E-state index contributed by atoms with van der Waals surface area (Å²) < 4.78 is 14.0. The molecule has 0 spiro atoms. The summed E-state index contributed by atoms with van der Waals surface area (Å²) in [4.78, 5) is 17.5. The van der Waals surface area contributed by atoms with Gasteiger partial charge in [-0.2, -0.15) is 0 Å². The number of hydrogen-bond acceptors (Lipinski definition) is 2. The van der Waals surface area contributed by atoms with Crippen molar-refractivity contribution in [1.29, 1.82) is 0 Å². The van der Waals surface area contributed by atoms with E-state index in [1.54, 1.807) is 24.3 Å². The molecule has 1 heterocycles. The van der Waals surface area contributed by atoms with Gasteiger partial charge in [-0.1, -0.05) is 18.5 Å². The van der Waals surface area contributed by atoms with Gasteiger partial charge in [0.2, 0.25) is 5.91 Å². The van der Waals surface area contributed by atoms with Crippen LogP contribution in [0.3, 0.4) is 0 Å². The number of aromatic nitrogens is 1. The van der Waals surface area contributed by atoms with Crippen molar-refractivity contribution in [1.82, 2.24) is 4.98 Å². The highest BCUT2D eigenvalue weighted by molar-refractivity contribution is 6.30. The second-order valence-electron chi connectivity index (χ2n) is 10.3. The number of halogens is 2. The average molecular weight is 431 g/mol. The van der Waals surface area contributed by atoms with Crippen LogP contribution in [0.2, 0.25) is 5.02 Å². The summed E-state index contributed by atoms with van der Waals surface area (Å²) in [6.45, 7) is 2.12. The van der Waals surface area contributed by atoms with E-state index in [0.717, 1.165) is 16.6 Å². The molecular weight excluding hydrogens is 411 g/mol. The van der Waals surface area contributed by atoms with Gasteiger partial charge in [0, 0.05) is 33.6 Å². The van der Waals surface area contributed by atoms with Crippen molar-refractivity contribution >= 4 is 34.1 Å². The first-order valence-electron chi connectivity index (χ1n) is 11.1. The first-order chi connectivity index (χ1) is 15.0. The molecule has 1 amide bonds. The summed E-state index contributed by atoms with van der Waals surface area (Å²) in [5, 5.41) is 4.76. The molecule has 6 fully saturated rings. The third-order valence-electron chi connectivity index (χ3n) is 10.1. The first kappa shape index (κ1) is 17.1. The standard InChI is InChI=1S/C26H20ClFN2O/c1-11(24(31)30-14-5-2-12(27)3-6-14)25-18-21-19(25)23-20(25)22(18)26(21,23)16-8-9-29-17-7-4-13(28)10-15(16)17/h2-11,18-23H,1H3,(H,30,31). The molecule has 1 N–H and O–H groups in total. The summed E-state index contributed by atoms with van der Waals surface area (Å²) in [5.41, 5.74) is 3.46. The fourth-order valence-electron chi connectivity index (χ4n) is 9.52. The quantitative estimate of drug-likeness (QED) is 0.611. The molecule has 0 saturated heterocycles. The van der Waals surface area contributed by atoms with Crippen LogP contribution < -0.4 is 5.32 Å². The number of benzene rings is 2. The highest BCUT2D eigenvalue weighted by atomic mass is 35.5. The maximum atomic E-state index is 14.0. The van der Waals surface area contributed by atoms with Crippen molar-refractivity contribution in [3.8, 4) is 0 Å². The van der Waals surface area contributed by atoms with Gasteiger partial charge in [-0.3, -0.25) is 9.78 Å². The molecule has 1 aromatic heterocycles. The lowest BCUT2D eigenvalue weighted by molar-refractivity contribution is -0.635. The number of carbonyl (C=O) groups is 1. The average Bonchev–Trinajstić information content (AvgIpc) is 2.79. The van der Waals surface area contributed by atoms with Crippen molar-refractivity contribution in [3.63, 3.8) is 0 Å². The summed E-state index contributed by atoms with van der Waals surface area (Å²) >= 11 is 5.96. The third kappa shape index (κ3) is 1.47. The van der Waals surface area contributed by atoms with Crippen LogP contribution in [0, 0.1) is 52.7 Å². The van der Waals surface area contributed by atoms with E-state index < -0.39 is 0 Å². The van der Waals surface area contributed by atoms with E-state index in [2.05, 4.69) is 23.3 Å². The van der Waals surface area contributed by atoms with Crippen LogP contribution in [-0.2, 0) is 10.2 Å². The van der Waals surface area contributed by atoms with E-state index in [4.69, 9.17) is 11.6 Å². The molecule has 1 unspecified atom stereocenters. The predicted molar refractivity (Wildman–Crippen MR) is 116 cm³/mol. The van der Waals surface area contributed by atoms with E-state index in [-0.39, 0.29) is 28.5 Å². The van der Waals surface area contributed by atoms with Crippen molar-refractivity contribution in [2.75, 3.05) is 5.32 Å². The zero-order valence-corrected chi connectivity index (χ0v) is 17.6. The number of hydrogen-bond donors (Lipinski definition) is 1. The van der Waals surface area contributed by atoms with E-state index in [1.165, 1.54) is 11.6 Å². The van der Waals surface area contributed by atoms with Gasteiger partial charge in [0.05, 0.1) is 5.52 Å². The Morgan fingerprint density at radius 3 is 2.39 bits per heavy atom. The molecule has 3 nitrogen and oxygen atoms in total. The minimum absolute atomic E-state index is 0.0249. The summed E-state index contributed by atoms with van der Waals surface area (Å²) in [6, 6.07) is 14.4. The van der Waals surface area contributed by atoms with Crippen LogP contribution in [0.1, 0.15) is 12.5 Å². The van der Waals surface area contributed by atoms with Crippen molar-refractivity contribution in [2.45, 2.75) is 12.3 Å². The summed E-state index contributed by atoms with van der Waals surface area (Å²) in [7, 11) is 0. The molecule has 6 saturated carbocycles. The lowest BCUT2D eigenvalue weighted by atomic mass is 8.91. The number of nitrogens with zero attached hydrogens (tertiary/aromatic N) is 1. The van der Waals surface area contributed by atoms with Crippen molar-refractivity contribution in [2.24, 2.45) is 46.8 Å².